The normalized spacial score (nSPS) is 25.2. The summed E-state index contributed by atoms with van der Waals surface area (Å²) in [5.74, 6) is -1.81. The maximum atomic E-state index is 14.8. The van der Waals surface area contributed by atoms with Crippen LogP contribution in [0.1, 0.15) is 51.0 Å². The maximum Gasteiger partial charge on any atom is 0.511 e. The largest absolute Gasteiger partial charge is 0.511 e. The Morgan fingerprint density at radius 1 is 1.00 bits per heavy atom. The third-order valence-electron chi connectivity index (χ3n) is 6.02. The molecule has 1 N–H and O–H groups in total. The van der Waals surface area contributed by atoms with E-state index >= 15 is 0 Å². The molecule has 3 rings (SSSR count). The number of benzene rings is 1. The van der Waals surface area contributed by atoms with Gasteiger partial charge in [-0.15, -0.1) is 0 Å². The average Bonchev–Trinajstić information content (AvgIpc) is 2.69. The number of hydrogen-bond donors (Lipinski definition) is 1. The minimum absolute atomic E-state index is 0.0288. The number of allylic oxidation sites excluding steroid dienone is 4. The molecule has 0 bridgehead atoms. The number of rotatable bonds is 5. The molecule has 2 aliphatic carbocycles. The number of sulfone groups is 1. The van der Waals surface area contributed by atoms with Crippen LogP contribution in [0.2, 0.25) is 0 Å². The second kappa shape index (κ2) is 8.53. The summed E-state index contributed by atoms with van der Waals surface area (Å²) in [6.07, 6.45) is 2.30. The van der Waals surface area contributed by atoms with Gasteiger partial charge in [0.05, 0.1) is 0 Å². The molecule has 2 aliphatic rings. The fourth-order valence-electron chi connectivity index (χ4n) is 4.21. The van der Waals surface area contributed by atoms with Gasteiger partial charge in [0.2, 0.25) is 0 Å². The molecule has 0 heterocycles. The molecule has 0 spiro atoms. The third-order valence-corrected chi connectivity index (χ3v) is 9.96. The first-order valence-electron chi connectivity index (χ1n) is 9.85. The Morgan fingerprint density at radius 3 is 2.16 bits per heavy atom. The standard InChI is InChI=1S/C20H22F5NO4S2/c1-13-2-5-16(6-3-13)31(27,28)19(17-12-14(21)4-7-18(17)22)10-8-15(9-11-19)26-32(29,30)20(23,24)25/h2,4-5,7,12,15,26H,3,6,8-11H2,1H3. The molecule has 5 nitrogen and oxygen atoms in total. The lowest BCUT2D eigenvalue weighted by molar-refractivity contribution is -0.0452. The van der Waals surface area contributed by atoms with E-state index in [4.69, 9.17) is 0 Å². The predicted molar refractivity (Wildman–Crippen MR) is 108 cm³/mol. The highest BCUT2D eigenvalue weighted by molar-refractivity contribution is 7.96. The van der Waals surface area contributed by atoms with Crippen LogP contribution < -0.4 is 4.72 Å². The SMILES string of the molecule is CC1=CC=C(S(=O)(=O)C2(c3cc(F)ccc3F)CCC(NS(=O)(=O)C(F)(F)F)CC2)CC1. The minimum Gasteiger partial charge on any atom is -0.223 e. The Hall–Kier alpha value is -1.79. The second-order valence-electron chi connectivity index (χ2n) is 8.11. The zero-order chi connectivity index (χ0) is 23.9. The Labute approximate surface area is 183 Å². The van der Waals surface area contributed by atoms with E-state index in [0.29, 0.717) is 6.42 Å². The lowest BCUT2D eigenvalue weighted by Gasteiger charge is -2.41. The molecule has 1 saturated carbocycles. The number of hydrogen-bond acceptors (Lipinski definition) is 4. The lowest BCUT2D eigenvalue weighted by atomic mass is 9.80. The molecule has 0 amide bonds. The highest BCUT2D eigenvalue weighted by Gasteiger charge is 2.53. The van der Waals surface area contributed by atoms with Crippen molar-refractivity contribution < 1.29 is 38.8 Å². The molecule has 0 aliphatic heterocycles. The number of sulfonamides is 1. The summed E-state index contributed by atoms with van der Waals surface area (Å²) >= 11 is 0. The van der Waals surface area contributed by atoms with Crippen LogP contribution in [0, 0.1) is 11.6 Å². The van der Waals surface area contributed by atoms with Crippen molar-refractivity contribution in [2.75, 3.05) is 0 Å². The van der Waals surface area contributed by atoms with E-state index in [2.05, 4.69) is 0 Å². The summed E-state index contributed by atoms with van der Waals surface area (Å²) in [6.45, 7) is 1.82. The van der Waals surface area contributed by atoms with Crippen molar-refractivity contribution in [3.8, 4) is 0 Å². The predicted octanol–water partition coefficient (Wildman–Crippen LogP) is 4.58. The molecular weight excluding hydrogens is 477 g/mol. The molecule has 0 atom stereocenters. The molecule has 1 aromatic carbocycles. The summed E-state index contributed by atoms with van der Waals surface area (Å²) in [5, 5.41) is 0. The van der Waals surface area contributed by atoms with E-state index in [-0.39, 0.29) is 37.0 Å². The fourth-order valence-corrected chi connectivity index (χ4v) is 7.36. The summed E-state index contributed by atoms with van der Waals surface area (Å²) in [5.41, 5.74) is -4.97. The van der Waals surface area contributed by atoms with Gasteiger partial charge in [0, 0.05) is 16.5 Å². The van der Waals surface area contributed by atoms with Crippen LogP contribution in [0.4, 0.5) is 22.0 Å². The van der Waals surface area contributed by atoms with Gasteiger partial charge in [-0.1, -0.05) is 11.6 Å². The smallest absolute Gasteiger partial charge is 0.223 e. The monoisotopic (exact) mass is 499 g/mol. The van der Waals surface area contributed by atoms with Crippen molar-refractivity contribution in [2.45, 2.75) is 61.7 Å². The molecule has 178 valence electrons. The Morgan fingerprint density at radius 2 is 1.62 bits per heavy atom. The number of alkyl halides is 3. The van der Waals surface area contributed by atoms with E-state index < -0.39 is 53.4 Å². The lowest BCUT2D eigenvalue weighted by Crippen LogP contribution is -2.49. The molecule has 1 fully saturated rings. The fraction of sp³-hybridized carbons (Fsp3) is 0.500. The first-order valence-corrected chi connectivity index (χ1v) is 12.8. The van der Waals surface area contributed by atoms with Crippen LogP contribution in [0.15, 0.2) is 40.8 Å². The quantitative estimate of drug-likeness (QED) is 0.602. The molecule has 0 saturated heterocycles. The van der Waals surface area contributed by atoms with Gasteiger partial charge < -0.3 is 0 Å². The molecule has 32 heavy (non-hydrogen) atoms. The molecule has 1 aromatic rings. The van der Waals surface area contributed by atoms with Crippen molar-refractivity contribution in [1.29, 1.82) is 0 Å². The number of halogens is 5. The highest BCUT2D eigenvalue weighted by Crippen LogP contribution is 2.49. The Bertz CT molecular complexity index is 1160. The highest BCUT2D eigenvalue weighted by atomic mass is 32.2. The van der Waals surface area contributed by atoms with Gasteiger partial charge in [-0.25, -0.2) is 30.3 Å². The van der Waals surface area contributed by atoms with E-state index in [9.17, 15) is 38.8 Å². The van der Waals surface area contributed by atoms with Gasteiger partial charge in [0.15, 0.2) is 9.84 Å². The van der Waals surface area contributed by atoms with Gasteiger partial charge in [0.25, 0.3) is 0 Å². The molecule has 0 radical (unpaired) electrons. The van der Waals surface area contributed by atoms with Crippen molar-refractivity contribution in [2.24, 2.45) is 0 Å². The summed E-state index contributed by atoms with van der Waals surface area (Å²) < 4.78 is 117. The van der Waals surface area contributed by atoms with Gasteiger partial charge in [-0.05, 0) is 69.7 Å². The van der Waals surface area contributed by atoms with Gasteiger partial charge >= 0.3 is 15.5 Å². The van der Waals surface area contributed by atoms with Crippen LogP contribution in [0.3, 0.4) is 0 Å². The Balaban J connectivity index is 2.03. The van der Waals surface area contributed by atoms with Crippen LogP contribution in [-0.4, -0.2) is 28.4 Å². The van der Waals surface area contributed by atoms with Crippen LogP contribution in [0.5, 0.6) is 0 Å². The second-order valence-corrected chi connectivity index (χ2v) is 12.1. The van der Waals surface area contributed by atoms with Crippen LogP contribution in [0.25, 0.3) is 0 Å². The van der Waals surface area contributed by atoms with Gasteiger partial charge in [0.1, 0.15) is 16.4 Å². The Kier molecular flexibility index (Phi) is 6.62. The molecule has 0 aromatic heterocycles. The molecule has 0 unspecified atom stereocenters. The van der Waals surface area contributed by atoms with E-state index in [1.807, 2.05) is 6.92 Å². The molecule has 12 heteroatoms. The van der Waals surface area contributed by atoms with Crippen molar-refractivity contribution in [3.05, 3.63) is 58.0 Å². The maximum absolute atomic E-state index is 14.8. The van der Waals surface area contributed by atoms with E-state index in [0.717, 1.165) is 23.8 Å². The average molecular weight is 500 g/mol. The van der Waals surface area contributed by atoms with Gasteiger partial charge in [-0.2, -0.15) is 13.2 Å². The first kappa shape index (κ1) is 24.8. The zero-order valence-electron chi connectivity index (χ0n) is 17.0. The first-order chi connectivity index (χ1) is 14.7. The van der Waals surface area contributed by atoms with Crippen molar-refractivity contribution in [3.63, 3.8) is 0 Å². The van der Waals surface area contributed by atoms with E-state index in [1.165, 1.54) is 6.08 Å². The number of nitrogens with one attached hydrogen (secondary N) is 1. The molecular formula is C20H22F5NO4S2. The van der Waals surface area contributed by atoms with Crippen molar-refractivity contribution >= 4 is 19.9 Å². The van der Waals surface area contributed by atoms with E-state index in [1.54, 1.807) is 10.8 Å². The topological polar surface area (TPSA) is 80.3 Å². The van der Waals surface area contributed by atoms with Crippen LogP contribution >= 0.6 is 0 Å². The third kappa shape index (κ3) is 4.49. The summed E-state index contributed by atoms with van der Waals surface area (Å²) in [6, 6.07) is 1.25. The minimum atomic E-state index is -5.63. The van der Waals surface area contributed by atoms with Gasteiger partial charge in [-0.3, -0.25) is 0 Å². The zero-order valence-corrected chi connectivity index (χ0v) is 18.7. The summed E-state index contributed by atoms with van der Waals surface area (Å²) in [4.78, 5) is 0.0288. The van der Waals surface area contributed by atoms with Crippen molar-refractivity contribution in [1.82, 2.24) is 4.72 Å². The van der Waals surface area contributed by atoms with Crippen LogP contribution in [-0.2, 0) is 24.6 Å². The summed E-state index contributed by atoms with van der Waals surface area (Å²) in [7, 11) is -9.88.